The quantitative estimate of drug-likeness (QED) is 0.663. The van der Waals surface area contributed by atoms with E-state index in [9.17, 15) is 4.79 Å². The third kappa shape index (κ3) is 2.96. The minimum atomic E-state index is 0.0244. The van der Waals surface area contributed by atoms with Gasteiger partial charge in [0, 0.05) is 26.1 Å². The van der Waals surface area contributed by atoms with Crippen LogP contribution >= 0.6 is 0 Å². The van der Waals surface area contributed by atoms with E-state index in [2.05, 4.69) is 6.92 Å². The van der Waals surface area contributed by atoms with E-state index in [1.54, 1.807) is 12.0 Å². The Labute approximate surface area is 84.8 Å². The zero-order chi connectivity index (χ0) is 10.6. The van der Waals surface area contributed by atoms with Gasteiger partial charge in [-0.25, -0.2) is 0 Å². The Morgan fingerprint density at radius 2 is 2.21 bits per heavy atom. The van der Waals surface area contributed by atoms with E-state index >= 15 is 0 Å². The molecule has 0 bridgehead atoms. The van der Waals surface area contributed by atoms with Crippen LogP contribution in [0.5, 0.6) is 0 Å². The molecular weight excluding hydrogens is 182 g/mol. The van der Waals surface area contributed by atoms with Gasteiger partial charge in [-0.15, -0.1) is 0 Å². The molecule has 1 aliphatic carbocycles. The monoisotopic (exact) mass is 201 g/mol. The molecule has 4 heteroatoms. The number of amides is 1. The molecule has 4 nitrogen and oxygen atoms in total. The first-order valence-corrected chi connectivity index (χ1v) is 5.09. The molecule has 1 amide bonds. The van der Waals surface area contributed by atoms with Crippen molar-refractivity contribution >= 4 is 5.91 Å². The van der Waals surface area contributed by atoms with Crippen LogP contribution in [0.2, 0.25) is 0 Å². The normalized spacial score (nSPS) is 24.8. The number of carbonyl (C=O) groups excluding carboxylic acids is 1. The van der Waals surface area contributed by atoms with Crippen LogP contribution < -0.4 is 0 Å². The van der Waals surface area contributed by atoms with Crippen molar-refractivity contribution in [2.45, 2.75) is 13.3 Å². The van der Waals surface area contributed by atoms with Crippen LogP contribution in [0.25, 0.3) is 0 Å². The van der Waals surface area contributed by atoms with Crippen LogP contribution in [0.15, 0.2) is 0 Å². The fourth-order valence-corrected chi connectivity index (χ4v) is 1.56. The van der Waals surface area contributed by atoms with Gasteiger partial charge in [0.1, 0.15) is 0 Å². The van der Waals surface area contributed by atoms with E-state index in [0.29, 0.717) is 25.6 Å². The molecule has 0 aliphatic heterocycles. The molecule has 0 heterocycles. The first kappa shape index (κ1) is 11.5. The lowest BCUT2D eigenvalue weighted by molar-refractivity contribution is -0.134. The van der Waals surface area contributed by atoms with Gasteiger partial charge < -0.3 is 14.7 Å². The summed E-state index contributed by atoms with van der Waals surface area (Å²) in [6.07, 6.45) is 0.994. The maximum atomic E-state index is 11.8. The summed E-state index contributed by atoms with van der Waals surface area (Å²) in [5.74, 6) is 0.883. The van der Waals surface area contributed by atoms with Crippen molar-refractivity contribution in [3.8, 4) is 0 Å². The fourth-order valence-electron chi connectivity index (χ4n) is 1.56. The Morgan fingerprint density at radius 1 is 1.57 bits per heavy atom. The molecular formula is C10H19NO3. The summed E-state index contributed by atoms with van der Waals surface area (Å²) in [6.45, 7) is 3.64. The van der Waals surface area contributed by atoms with Crippen molar-refractivity contribution in [1.29, 1.82) is 0 Å². The molecule has 1 aliphatic rings. The molecule has 82 valence electrons. The summed E-state index contributed by atoms with van der Waals surface area (Å²) in [7, 11) is 1.61. The van der Waals surface area contributed by atoms with Crippen molar-refractivity contribution in [3.05, 3.63) is 0 Å². The van der Waals surface area contributed by atoms with E-state index in [4.69, 9.17) is 9.84 Å². The average Bonchev–Trinajstić information content (AvgIpc) is 2.89. The highest BCUT2D eigenvalue weighted by atomic mass is 16.5. The topological polar surface area (TPSA) is 49.8 Å². The number of carbonyl (C=O) groups is 1. The second-order valence-corrected chi connectivity index (χ2v) is 3.86. The van der Waals surface area contributed by atoms with Gasteiger partial charge in [0.2, 0.25) is 5.91 Å². The maximum absolute atomic E-state index is 11.8. The Balaban J connectivity index is 2.36. The van der Waals surface area contributed by atoms with E-state index in [-0.39, 0.29) is 18.4 Å². The smallest absolute Gasteiger partial charge is 0.226 e. The number of ether oxygens (including phenoxy) is 1. The van der Waals surface area contributed by atoms with Crippen LogP contribution in [0, 0.1) is 11.8 Å². The first-order chi connectivity index (χ1) is 6.70. The van der Waals surface area contributed by atoms with Crippen molar-refractivity contribution in [2.24, 2.45) is 11.8 Å². The lowest BCUT2D eigenvalue weighted by Gasteiger charge is -2.21. The van der Waals surface area contributed by atoms with Crippen LogP contribution in [-0.4, -0.2) is 49.3 Å². The molecule has 0 radical (unpaired) electrons. The Morgan fingerprint density at radius 3 is 2.64 bits per heavy atom. The Hall–Kier alpha value is -0.610. The van der Waals surface area contributed by atoms with Crippen molar-refractivity contribution in [1.82, 2.24) is 4.90 Å². The lowest BCUT2D eigenvalue weighted by Crippen LogP contribution is -2.37. The molecule has 0 saturated heterocycles. The second kappa shape index (κ2) is 5.32. The Bertz CT molecular complexity index is 196. The molecule has 1 N–H and O–H groups in total. The van der Waals surface area contributed by atoms with E-state index in [1.807, 2.05) is 0 Å². The molecule has 0 aromatic carbocycles. The molecule has 1 saturated carbocycles. The molecule has 14 heavy (non-hydrogen) atoms. The third-order valence-corrected chi connectivity index (χ3v) is 2.67. The van der Waals surface area contributed by atoms with Gasteiger partial charge in [0.15, 0.2) is 0 Å². The average molecular weight is 201 g/mol. The number of aliphatic hydroxyl groups is 1. The lowest BCUT2D eigenvalue weighted by atomic mass is 10.3. The highest BCUT2D eigenvalue weighted by molar-refractivity contribution is 5.81. The summed E-state index contributed by atoms with van der Waals surface area (Å²) in [5.41, 5.74) is 0. The minimum Gasteiger partial charge on any atom is -0.395 e. The van der Waals surface area contributed by atoms with Crippen molar-refractivity contribution in [3.63, 3.8) is 0 Å². The highest BCUT2D eigenvalue weighted by Gasteiger charge is 2.41. The van der Waals surface area contributed by atoms with E-state index < -0.39 is 0 Å². The predicted molar refractivity (Wildman–Crippen MR) is 52.8 cm³/mol. The van der Waals surface area contributed by atoms with Crippen molar-refractivity contribution < 1.29 is 14.6 Å². The number of hydrogen-bond acceptors (Lipinski definition) is 3. The molecule has 1 rings (SSSR count). The zero-order valence-electron chi connectivity index (χ0n) is 8.90. The van der Waals surface area contributed by atoms with Crippen LogP contribution in [0.3, 0.4) is 0 Å². The second-order valence-electron chi connectivity index (χ2n) is 3.86. The van der Waals surface area contributed by atoms with Crippen LogP contribution in [0.4, 0.5) is 0 Å². The number of rotatable bonds is 6. The third-order valence-electron chi connectivity index (χ3n) is 2.67. The summed E-state index contributed by atoms with van der Waals surface area (Å²) >= 11 is 0. The van der Waals surface area contributed by atoms with Gasteiger partial charge in [0.05, 0.1) is 13.2 Å². The van der Waals surface area contributed by atoms with Gasteiger partial charge in [-0.05, 0) is 12.3 Å². The molecule has 2 atom stereocenters. The Kier molecular flexibility index (Phi) is 4.35. The molecule has 0 aromatic rings. The summed E-state index contributed by atoms with van der Waals surface area (Å²) < 4.78 is 4.92. The van der Waals surface area contributed by atoms with Gasteiger partial charge in [-0.2, -0.15) is 0 Å². The molecule has 1 fully saturated rings. The standard InChI is InChI=1S/C10H19NO3/c1-8-7-9(8)10(13)11(3-5-12)4-6-14-2/h8-9,12H,3-7H2,1-2H3. The fraction of sp³-hybridized carbons (Fsp3) is 0.900. The van der Waals surface area contributed by atoms with E-state index in [0.717, 1.165) is 6.42 Å². The number of methoxy groups -OCH3 is 1. The van der Waals surface area contributed by atoms with Crippen LogP contribution in [0.1, 0.15) is 13.3 Å². The van der Waals surface area contributed by atoms with Crippen molar-refractivity contribution in [2.75, 3.05) is 33.4 Å². The SMILES string of the molecule is COCCN(CCO)C(=O)C1CC1C. The number of aliphatic hydroxyl groups excluding tert-OH is 1. The van der Waals surface area contributed by atoms with Gasteiger partial charge >= 0.3 is 0 Å². The largest absolute Gasteiger partial charge is 0.395 e. The van der Waals surface area contributed by atoms with Gasteiger partial charge in [-0.1, -0.05) is 6.92 Å². The summed E-state index contributed by atoms with van der Waals surface area (Å²) in [4.78, 5) is 13.5. The summed E-state index contributed by atoms with van der Waals surface area (Å²) in [5, 5.41) is 8.82. The first-order valence-electron chi connectivity index (χ1n) is 5.09. The van der Waals surface area contributed by atoms with Gasteiger partial charge in [0.25, 0.3) is 0 Å². The zero-order valence-corrected chi connectivity index (χ0v) is 8.90. The highest BCUT2D eigenvalue weighted by Crippen LogP contribution is 2.39. The number of nitrogens with zero attached hydrogens (tertiary/aromatic N) is 1. The maximum Gasteiger partial charge on any atom is 0.226 e. The minimum absolute atomic E-state index is 0.0244. The van der Waals surface area contributed by atoms with Crippen LogP contribution in [-0.2, 0) is 9.53 Å². The predicted octanol–water partition coefficient (Wildman–Crippen LogP) is 0.110. The molecule has 0 spiro atoms. The van der Waals surface area contributed by atoms with Gasteiger partial charge in [-0.3, -0.25) is 4.79 Å². The number of hydrogen-bond donors (Lipinski definition) is 1. The molecule has 0 aromatic heterocycles. The van der Waals surface area contributed by atoms with E-state index in [1.165, 1.54) is 0 Å². The molecule has 2 unspecified atom stereocenters. The summed E-state index contributed by atoms with van der Waals surface area (Å²) in [6, 6.07) is 0.